The van der Waals surface area contributed by atoms with Crippen molar-refractivity contribution in [3.63, 3.8) is 0 Å². The summed E-state index contributed by atoms with van der Waals surface area (Å²) >= 11 is 1.66. The zero-order valence-corrected chi connectivity index (χ0v) is 13.8. The molecule has 0 spiro atoms. The molecule has 22 heavy (non-hydrogen) atoms. The zero-order valence-electron chi connectivity index (χ0n) is 13.0. The average Bonchev–Trinajstić information content (AvgIpc) is 2.94. The largest absolute Gasteiger partial charge is 0.338 e. The number of rotatable bonds is 6. The van der Waals surface area contributed by atoms with Crippen LogP contribution in [-0.4, -0.2) is 36.1 Å². The van der Waals surface area contributed by atoms with Gasteiger partial charge in [-0.2, -0.15) is 0 Å². The van der Waals surface area contributed by atoms with Crippen LogP contribution in [0.1, 0.15) is 10.6 Å². The van der Waals surface area contributed by atoms with Gasteiger partial charge in [0.25, 0.3) is 0 Å². The Morgan fingerprint density at radius 1 is 1.41 bits per heavy atom. The highest BCUT2D eigenvalue weighted by Gasteiger charge is 2.06. The highest BCUT2D eigenvalue weighted by atomic mass is 32.1. The van der Waals surface area contributed by atoms with E-state index in [4.69, 9.17) is 0 Å². The van der Waals surface area contributed by atoms with Gasteiger partial charge in [0.2, 0.25) is 0 Å². The summed E-state index contributed by atoms with van der Waals surface area (Å²) in [6.45, 7) is 6.80. The number of carbonyl (C=O) groups excluding carboxylic acids is 1. The molecular formula is C17H21N3OS. The number of hydrogen-bond donors (Lipinski definition) is 1. The maximum absolute atomic E-state index is 11.7. The van der Waals surface area contributed by atoms with E-state index in [1.165, 1.54) is 5.56 Å². The van der Waals surface area contributed by atoms with Gasteiger partial charge in [-0.15, -0.1) is 17.9 Å². The van der Waals surface area contributed by atoms with Gasteiger partial charge in [-0.1, -0.05) is 30.3 Å². The van der Waals surface area contributed by atoms with Crippen molar-refractivity contribution < 1.29 is 4.79 Å². The molecule has 0 unspecified atom stereocenters. The summed E-state index contributed by atoms with van der Waals surface area (Å²) in [6, 6.07) is 8.26. The Kier molecular flexibility index (Phi) is 5.72. The van der Waals surface area contributed by atoms with Gasteiger partial charge in [0.1, 0.15) is 0 Å². The molecule has 0 bridgehead atoms. The Balaban J connectivity index is 1.84. The molecule has 4 nitrogen and oxygen atoms in total. The molecule has 0 saturated carbocycles. The van der Waals surface area contributed by atoms with E-state index in [1.807, 2.05) is 6.92 Å². The predicted octanol–water partition coefficient (Wildman–Crippen LogP) is 3.49. The number of nitrogens with zero attached hydrogens (tertiary/aromatic N) is 2. The fourth-order valence-corrected chi connectivity index (χ4v) is 2.69. The molecule has 0 aliphatic rings. The number of aromatic nitrogens is 1. The molecule has 2 rings (SSSR count). The predicted molar refractivity (Wildman–Crippen MR) is 92.2 cm³/mol. The second-order valence-electron chi connectivity index (χ2n) is 5.10. The Morgan fingerprint density at radius 3 is 2.73 bits per heavy atom. The second-order valence-corrected chi connectivity index (χ2v) is 6.16. The number of thiazole rings is 1. The van der Waals surface area contributed by atoms with Crippen molar-refractivity contribution >= 4 is 17.4 Å². The lowest BCUT2D eigenvalue weighted by Gasteiger charge is -2.15. The van der Waals surface area contributed by atoms with E-state index in [1.54, 1.807) is 29.4 Å². The molecule has 1 aromatic carbocycles. The zero-order chi connectivity index (χ0) is 15.9. The second kappa shape index (κ2) is 7.75. The molecule has 1 aromatic heterocycles. The van der Waals surface area contributed by atoms with Crippen molar-refractivity contribution in [1.82, 2.24) is 15.2 Å². The summed E-state index contributed by atoms with van der Waals surface area (Å²) < 4.78 is 0. The molecule has 1 N–H and O–H groups in total. The average molecular weight is 315 g/mol. The first-order chi connectivity index (χ1) is 10.6. The van der Waals surface area contributed by atoms with Gasteiger partial charge in [0.05, 0.1) is 10.7 Å². The minimum absolute atomic E-state index is 0.0746. The third-order valence-electron chi connectivity index (χ3n) is 3.31. The van der Waals surface area contributed by atoms with Crippen LogP contribution in [0.25, 0.3) is 11.3 Å². The first-order valence-electron chi connectivity index (χ1n) is 7.21. The highest BCUT2D eigenvalue weighted by Crippen LogP contribution is 2.21. The molecule has 0 radical (unpaired) electrons. The number of amides is 2. The van der Waals surface area contributed by atoms with E-state index in [0.717, 1.165) is 22.7 Å². The highest BCUT2D eigenvalue weighted by molar-refractivity contribution is 7.09. The van der Waals surface area contributed by atoms with Crippen molar-refractivity contribution in [1.29, 1.82) is 0 Å². The lowest BCUT2D eigenvalue weighted by atomic mass is 10.1. The molecule has 116 valence electrons. The van der Waals surface area contributed by atoms with Gasteiger partial charge in [0.15, 0.2) is 0 Å². The minimum Gasteiger partial charge on any atom is -0.338 e. The van der Waals surface area contributed by atoms with Crippen LogP contribution in [0.4, 0.5) is 4.79 Å². The van der Waals surface area contributed by atoms with Crippen LogP contribution in [0.5, 0.6) is 0 Å². The maximum atomic E-state index is 11.7. The van der Waals surface area contributed by atoms with E-state index >= 15 is 0 Å². The third-order valence-corrected chi connectivity index (χ3v) is 4.08. The third kappa shape index (κ3) is 4.43. The molecule has 0 aliphatic carbocycles. The first kappa shape index (κ1) is 16.2. The number of nitrogens with one attached hydrogen (secondary N) is 1. The van der Waals surface area contributed by atoms with Gasteiger partial charge >= 0.3 is 6.03 Å². The van der Waals surface area contributed by atoms with Gasteiger partial charge < -0.3 is 10.2 Å². The Hall–Kier alpha value is -2.14. The summed E-state index contributed by atoms with van der Waals surface area (Å²) in [5, 5.41) is 6.04. The lowest BCUT2D eigenvalue weighted by Crippen LogP contribution is -2.38. The van der Waals surface area contributed by atoms with Crippen LogP contribution in [0.3, 0.4) is 0 Å². The van der Waals surface area contributed by atoms with Gasteiger partial charge in [-0.25, -0.2) is 9.78 Å². The van der Waals surface area contributed by atoms with E-state index in [9.17, 15) is 4.79 Å². The lowest BCUT2D eigenvalue weighted by molar-refractivity contribution is 0.213. The smallest absolute Gasteiger partial charge is 0.317 e. The Morgan fingerprint density at radius 2 is 2.14 bits per heavy atom. The summed E-state index contributed by atoms with van der Waals surface area (Å²) in [6.07, 6.45) is 2.52. The van der Waals surface area contributed by atoms with E-state index in [2.05, 4.69) is 46.5 Å². The summed E-state index contributed by atoms with van der Waals surface area (Å²) in [5.74, 6) is 0. The summed E-state index contributed by atoms with van der Waals surface area (Å²) in [5.41, 5.74) is 3.35. The van der Waals surface area contributed by atoms with Gasteiger partial charge in [0, 0.05) is 31.1 Å². The summed E-state index contributed by atoms with van der Waals surface area (Å²) in [7, 11) is 1.75. The molecule has 0 saturated heterocycles. The first-order valence-corrected chi connectivity index (χ1v) is 8.09. The summed E-state index contributed by atoms with van der Waals surface area (Å²) in [4.78, 5) is 17.8. The molecule has 0 atom stereocenters. The molecule has 0 aliphatic heterocycles. The number of aryl methyl sites for hydroxylation is 1. The van der Waals surface area contributed by atoms with Crippen molar-refractivity contribution in [2.75, 3.05) is 20.1 Å². The number of likely N-dealkylation sites (N-methyl/N-ethyl adjacent to an activating group) is 1. The fraction of sp³-hybridized carbons (Fsp3) is 0.294. The maximum Gasteiger partial charge on any atom is 0.317 e. The number of benzene rings is 1. The van der Waals surface area contributed by atoms with Crippen molar-refractivity contribution in [2.24, 2.45) is 0 Å². The van der Waals surface area contributed by atoms with Crippen LogP contribution < -0.4 is 5.32 Å². The van der Waals surface area contributed by atoms with Crippen LogP contribution in [0, 0.1) is 6.92 Å². The standard InChI is InChI=1S/C17H21N3OS/c1-4-11-20(3)17(21)18-10-9-14-5-7-15(8-6-14)16-12-22-13(2)19-16/h4-8,12H,1,9-11H2,2-3H3,(H,18,21). The van der Waals surface area contributed by atoms with E-state index in [-0.39, 0.29) is 6.03 Å². The molecule has 1 heterocycles. The van der Waals surface area contributed by atoms with Crippen LogP contribution in [-0.2, 0) is 6.42 Å². The minimum atomic E-state index is -0.0746. The van der Waals surface area contributed by atoms with Crippen molar-refractivity contribution in [3.05, 3.63) is 52.9 Å². The number of urea groups is 1. The van der Waals surface area contributed by atoms with Gasteiger partial charge in [-0.3, -0.25) is 0 Å². The fourth-order valence-electron chi connectivity index (χ4n) is 2.06. The van der Waals surface area contributed by atoms with Gasteiger partial charge in [-0.05, 0) is 18.9 Å². The molecular weight excluding hydrogens is 294 g/mol. The number of hydrogen-bond acceptors (Lipinski definition) is 3. The van der Waals surface area contributed by atoms with E-state index < -0.39 is 0 Å². The van der Waals surface area contributed by atoms with Crippen LogP contribution >= 0.6 is 11.3 Å². The molecule has 2 amide bonds. The number of carbonyl (C=O) groups is 1. The van der Waals surface area contributed by atoms with Crippen molar-refractivity contribution in [2.45, 2.75) is 13.3 Å². The topological polar surface area (TPSA) is 45.2 Å². The quantitative estimate of drug-likeness (QED) is 0.829. The SMILES string of the molecule is C=CCN(C)C(=O)NCCc1ccc(-c2csc(C)n2)cc1. The normalized spacial score (nSPS) is 10.3. The van der Waals surface area contributed by atoms with E-state index in [0.29, 0.717) is 13.1 Å². The molecule has 5 heteroatoms. The van der Waals surface area contributed by atoms with Crippen molar-refractivity contribution in [3.8, 4) is 11.3 Å². The Bertz CT molecular complexity index is 634. The van der Waals surface area contributed by atoms with Crippen LogP contribution in [0.15, 0.2) is 42.3 Å². The molecule has 0 fully saturated rings. The molecule has 2 aromatic rings. The Labute approximate surface area is 135 Å². The monoisotopic (exact) mass is 315 g/mol. The van der Waals surface area contributed by atoms with Crippen LogP contribution in [0.2, 0.25) is 0 Å².